The third-order valence-corrected chi connectivity index (χ3v) is 3.12. The fourth-order valence-electron chi connectivity index (χ4n) is 2.17. The first-order valence-electron chi connectivity index (χ1n) is 6.06. The zero-order valence-electron chi connectivity index (χ0n) is 11.1. The van der Waals surface area contributed by atoms with Gasteiger partial charge in [0.2, 0.25) is 0 Å². The minimum Gasteiger partial charge on any atom is -0.466 e. The highest BCUT2D eigenvalue weighted by Gasteiger charge is 2.34. The summed E-state index contributed by atoms with van der Waals surface area (Å²) in [5, 5.41) is 0. The number of rotatable bonds is 6. The summed E-state index contributed by atoms with van der Waals surface area (Å²) in [6, 6.07) is 0. The van der Waals surface area contributed by atoms with Crippen LogP contribution in [0, 0.1) is 5.92 Å². The zero-order chi connectivity index (χ0) is 12.8. The highest BCUT2D eigenvalue weighted by molar-refractivity contribution is 5.72. The summed E-state index contributed by atoms with van der Waals surface area (Å²) in [6.45, 7) is 6.45. The van der Waals surface area contributed by atoms with E-state index in [0.717, 1.165) is 13.1 Å². The van der Waals surface area contributed by atoms with Crippen molar-refractivity contribution in [1.29, 1.82) is 0 Å². The molecule has 17 heavy (non-hydrogen) atoms. The van der Waals surface area contributed by atoms with Crippen LogP contribution in [0.2, 0.25) is 0 Å². The number of hydrogen-bond donors (Lipinski definition) is 0. The van der Waals surface area contributed by atoms with Crippen molar-refractivity contribution in [3.63, 3.8) is 0 Å². The Morgan fingerprint density at radius 3 is 2.24 bits per heavy atom. The number of ether oxygens (including phenoxy) is 3. The molecule has 3 atom stereocenters. The van der Waals surface area contributed by atoms with Gasteiger partial charge in [0.25, 0.3) is 0 Å². The van der Waals surface area contributed by atoms with E-state index in [2.05, 4.69) is 4.90 Å². The van der Waals surface area contributed by atoms with E-state index in [1.807, 2.05) is 13.8 Å². The van der Waals surface area contributed by atoms with Gasteiger partial charge in [0.15, 0.2) is 0 Å². The third kappa shape index (κ3) is 3.94. The van der Waals surface area contributed by atoms with E-state index in [4.69, 9.17) is 14.2 Å². The lowest BCUT2D eigenvalue weighted by Crippen LogP contribution is -2.32. The largest absolute Gasteiger partial charge is 0.466 e. The van der Waals surface area contributed by atoms with E-state index in [9.17, 15) is 4.79 Å². The SMILES string of the molecule is CCOC(=O)C(C)CN1CC(OC)C(OC)C1. The fraction of sp³-hybridized carbons (Fsp3) is 0.917. The van der Waals surface area contributed by atoms with E-state index in [0.29, 0.717) is 13.2 Å². The van der Waals surface area contributed by atoms with E-state index >= 15 is 0 Å². The van der Waals surface area contributed by atoms with Gasteiger partial charge in [0.05, 0.1) is 24.7 Å². The standard InChI is InChI=1S/C12H23NO4/c1-5-17-12(14)9(2)6-13-7-10(15-3)11(8-13)16-4/h9-11H,5-8H2,1-4H3. The van der Waals surface area contributed by atoms with Crippen molar-refractivity contribution in [3.05, 3.63) is 0 Å². The average Bonchev–Trinajstić information content (AvgIpc) is 2.71. The molecule has 0 bridgehead atoms. The van der Waals surface area contributed by atoms with E-state index in [1.54, 1.807) is 14.2 Å². The zero-order valence-corrected chi connectivity index (χ0v) is 11.1. The first kappa shape index (κ1) is 14.4. The Labute approximate surface area is 103 Å². The van der Waals surface area contributed by atoms with Crippen LogP contribution in [-0.2, 0) is 19.0 Å². The monoisotopic (exact) mass is 245 g/mol. The molecule has 1 aliphatic rings. The molecule has 0 aromatic heterocycles. The molecule has 0 spiro atoms. The molecule has 0 aromatic carbocycles. The Balaban J connectivity index is 2.40. The summed E-state index contributed by atoms with van der Waals surface area (Å²) >= 11 is 0. The van der Waals surface area contributed by atoms with Crippen LogP contribution in [0.5, 0.6) is 0 Å². The van der Waals surface area contributed by atoms with Gasteiger partial charge in [-0.1, -0.05) is 6.92 Å². The first-order chi connectivity index (χ1) is 8.12. The van der Waals surface area contributed by atoms with Gasteiger partial charge in [-0.15, -0.1) is 0 Å². The van der Waals surface area contributed by atoms with Crippen molar-refractivity contribution in [2.24, 2.45) is 5.92 Å². The molecule has 0 radical (unpaired) electrons. The van der Waals surface area contributed by atoms with E-state index in [-0.39, 0.29) is 24.1 Å². The van der Waals surface area contributed by atoms with Crippen molar-refractivity contribution in [1.82, 2.24) is 4.90 Å². The molecule has 5 nitrogen and oxygen atoms in total. The summed E-state index contributed by atoms with van der Waals surface area (Å²) < 4.78 is 15.7. The van der Waals surface area contributed by atoms with Gasteiger partial charge < -0.3 is 14.2 Å². The number of likely N-dealkylation sites (tertiary alicyclic amines) is 1. The van der Waals surface area contributed by atoms with E-state index < -0.39 is 0 Å². The maximum Gasteiger partial charge on any atom is 0.309 e. The number of methoxy groups -OCH3 is 2. The molecule has 1 heterocycles. The molecule has 0 N–H and O–H groups in total. The lowest BCUT2D eigenvalue weighted by atomic mass is 10.2. The van der Waals surface area contributed by atoms with Crippen LogP contribution in [-0.4, -0.2) is 63.5 Å². The lowest BCUT2D eigenvalue weighted by molar-refractivity contribution is -0.148. The number of hydrogen-bond acceptors (Lipinski definition) is 5. The molecule has 1 rings (SSSR count). The third-order valence-electron chi connectivity index (χ3n) is 3.12. The van der Waals surface area contributed by atoms with Crippen molar-refractivity contribution in [2.45, 2.75) is 26.1 Å². The minimum absolute atomic E-state index is 0.0920. The maximum absolute atomic E-state index is 11.5. The molecule has 0 amide bonds. The first-order valence-corrected chi connectivity index (χ1v) is 6.06. The van der Waals surface area contributed by atoms with Gasteiger partial charge in [0.1, 0.15) is 0 Å². The second-order valence-corrected chi connectivity index (χ2v) is 4.42. The van der Waals surface area contributed by atoms with Gasteiger partial charge in [0, 0.05) is 33.9 Å². The van der Waals surface area contributed by atoms with Crippen LogP contribution in [0.15, 0.2) is 0 Å². The Morgan fingerprint density at radius 2 is 1.82 bits per heavy atom. The normalized spacial score (nSPS) is 27.1. The maximum atomic E-state index is 11.5. The summed E-state index contributed by atoms with van der Waals surface area (Å²) in [5.74, 6) is -0.245. The molecular formula is C12H23NO4. The molecular weight excluding hydrogens is 222 g/mol. The lowest BCUT2D eigenvalue weighted by Gasteiger charge is -2.19. The van der Waals surface area contributed by atoms with Gasteiger partial charge in [-0.05, 0) is 6.92 Å². The quantitative estimate of drug-likeness (QED) is 0.639. The van der Waals surface area contributed by atoms with Crippen molar-refractivity contribution in [2.75, 3.05) is 40.5 Å². The smallest absolute Gasteiger partial charge is 0.309 e. The Kier molecular flexibility index (Phi) is 5.88. The average molecular weight is 245 g/mol. The molecule has 100 valence electrons. The Morgan fingerprint density at radius 1 is 1.29 bits per heavy atom. The van der Waals surface area contributed by atoms with Crippen LogP contribution in [0.3, 0.4) is 0 Å². The topological polar surface area (TPSA) is 48.0 Å². The van der Waals surface area contributed by atoms with Crippen LogP contribution in [0.4, 0.5) is 0 Å². The Hall–Kier alpha value is -0.650. The van der Waals surface area contributed by atoms with Crippen LogP contribution in [0.1, 0.15) is 13.8 Å². The van der Waals surface area contributed by atoms with Crippen molar-refractivity contribution < 1.29 is 19.0 Å². The van der Waals surface area contributed by atoms with Crippen molar-refractivity contribution >= 4 is 5.97 Å². The summed E-state index contributed by atoms with van der Waals surface area (Å²) in [4.78, 5) is 13.7. The fourth-order valence-corrected chi connectivity index (χ4v) is 2.17. The second kappa shape index (κ2) is 6.93. The van der Waals surface area contributed by atoms with E-state index in [1.165, 1.54) is 0 Å². The summed E-state index contributed by atoms with van der Waals surface area (Å²) in [6.07, 6.45) is 0.184. The minimum atomic E-state index is -0.137. The molecule has 0 aromatic rings. The molecule has 1 aliphatic heterocycles. The van der Waals surface area contributed by atoms with Gasteiger partial charge in [-0.2, -0.15) is 0 Å². The molecule has 1 fully saturated rings. The van der Waals surface area contributed by atoms with Gasteiger partial charge in [-0.3, -0.25) is 9.69 Å². The molecule has 3 unspecified atom stereocenters. The number of nitrogens with zero attached hydrogens (tertiary/aromatic N) is 1. The number of carbonyl (C=O) groups excluding carboxylic acids is 1. The highest BCUT2D eigenvalue weighted by atomic mass is 16.5. The summed E-state index contributed by atoms with van der Waals surface area (Å²) in [7, 11) is 3.38. The predicted molar refractivity (Wildman–Crippen MR) is 63.8 cm³/mol. The number of carbonyl (C=O) groups is 1. The molecule has 0 aliphatic carbocycles. The second-order valence-electron chi connectivity index (χ2n) is 4.42. The van der Waals surface area contributed by atoms with Gasteiger partial charge in [-0.25, -0.2) is 0 Å². The molecule has 0 saturated carbocycles. The van der Waals surface area contributed by atoms with Crippen LogP contribution >= 0.6 is 0 Å². The molecule has 1 saturated heterocycles. The highest BCUT2D eigenvalue weighted by Crippen LogP contribution is 2.17. The van der Waals surface area contributed by atoms with Crippen LogP contribution < -0.4 is 0 Å². The Bertz CT molecular complexity index is 235. The predicted octanol–water partition coefficient (Wildman–Crippen LogP) is 0.531. The van der Waals surface area contributed by atoms with Crippen LogP contribution in [0.25, 0.3) is 0 Å². The molecule has 5 heteroatoms. The van der Waals surface area contributed by atoms with Crippen molar-refractivity contribution in [3.8, 4) is 0 Å². The summed E-state index contributed by atoms with van der Waals surface area (Å²) in [5.41, 5.74) is 0. The number of esters is 1. The van der Waals surface area contributed by atoms with Gasteiger partial charge >= 0.3 is 5.97 Å².